The van der Waals surface area contributed by atoms with Gasteiger partial charge in [-0.3, -0.25) is 0 Å². The van der Waals surface area contributed by atoms with Crippen molar-refractivity contribution >= 4 is 12.0 Å². The summed E-state index contributed by atoms with van der Waals surface area (Å²) in [5.41, 5.74) is 1.00. The fourth-order valence-corrected chi connectivity index (χ4v) is 1.63. The van der Waals surface area contributed by atoms with Gasteiger partial charge < -0.3 is 15.3 Å². The summed E-state index contributed by atoms with van der Waals surface area (Å²) >= 11 is 0. The number of hydrogen-bond donors (Lipinski definition) is 2. The molecule has 0 fully saturated rings. The summed E-state index contributed by atoms with van der Waals surface area (Å²) in [6.07, 6.45) is 2.10. The Labute approximate surface area is 112 Å². The van der Waals surface area contributed by atoms with E-state index in [9.17, 15) is 9.59 Å². The highest BCUT2D eigenvalue weighted by Gasteiger charge is 2.11. The van der Waals surface area contributed by atoms with Gasteiger partial charge in [0.05, 0.1) is 5.56 Å². The van der Waals surface area contributed by atoms with E-state index in [-0.39, 0.29) is 11.6 Å². The Balaban J connectivity index is 2.59. The average molecular weight is 262 g/mol. The SMILES string of the molecule is C=CCNC(=O)N(C)CCc1ccccc1C(=O)O. The lowest BCUT2D eigenvalue weighted by Gasteiger charge is -2.17. The van der Waals surface area contributed by atoms with Gasteiger partial charge in [-0.05, 0) is 18.1 Å². The zero-order valence-corrected chi connectivity index (χ0v) is 10.9. The predicted molar refractivity (Wildman–Crippen MR) is 73.3 cm³/mol. The number of benzene rings is 1. The third-order valence-electron chi connectivity index (χ3n) is 2.71. The van der Waals surface area contributed by atoms with E-state index in [1.807, 2.05) is 0 Å². The fourth-order valence-electron chi connectivity index (χ4n) is 1.63. The molecule has 0 aliphatic heterocycles. The second kappa shape index (κ2) is 7.20. The molecule has 0 saturated heterocycles. The van der Waals surface area contributed by atoms with Crippen molar-refractivity contribution in [3.63, 3.8) is 0 Å². The van der Waals surface area contributed by atoms with Crippen LogP contribution in [0, 0.1) is 0 Å². The predicted octanol–water partition coefficient (Wildman–Crippen LogP) is 1.75. The Kier molecular flexibility index (Phi) is 5.60. The van der Waals surface area contributed by atoms with Crippen LogP contribution in [0.1, 0.15) is 15.9 Å². The maximum atomic E-state index is 11.6. The third-order valence-corrected chi connectivity index (χ3v) is 2.71. The van der Waals surface area contributed by atoms with Crippen molar-refractivity contribution in [2.75, 3.05) is 20.1 Å². The molecule has 5 heteroatoms. The summed E-state index contributed by atoms with van der Waals surface area (Å²) in [5, 5.41) is 11.7. The first-order valence-corrected chi connectivity index (χ1v) is 5.97. The molecule has 0 aromatic heterocycles. The molecule has 1 rings (SSSR count). The van der Waals surface area contributed by atoms with Crippen LogP contribution in [0.4, 0.5) is 4.79 Å². The molecule has 0 radical (unpaired) electrons. The van der Waals surface area contributed by atoms with Gasteiger partial charge in [-0.2, -0.15) is 0 Å². The van der Waals surface area contributed by atoms with Crippen molar-refractivity contribution in [1.29, 1.82) is 0 Å². The zero-order chi connectivity index (χ0) is 14.3. The highest BCUT2D eigenvalue weighted by molar-refractivity contribution is 5.89. The third kappa shape index (κ3) is 4.46. The number of amides is 2. The zero-order valence-electron chi connectivity index (χ0n) is 10.9. The number of carbonyl (C=O) groups excluding carboxylic acids is 1. The van der Waals surface area contributed by atoms with Crippen LogP contribution >= 0.6 is 0 Å². The molecule has 2 N–H and O–H groups in total. The second-order valence-electron chi connectivity index (χ2n) is 4.11. The van der Waals surface area contributed by atoms with Crippen molar-refractivity contribution in [2.24, 2.45) is 0 Å². The summed E-state index contributed by atoms with van der Waals surface area (Å²) < 4.78 is 0. The van der Waals surface area contributed by atoms with E-state index in [4.69, 9.17) is 5.11 Å². The first-order chi connectivity index (χ1) is 9.06. The van der Waals surface area contributed by atoms with Gasteiger partial charge in [0.1, 0.15) is 0 Å². The average Bonchev–Trinajstić information content (AvgIpc) is 2.42. The Hall–Kier alpha value is -2.30. The van der Waals surface area contributed by atoms with Crippen molar-refractivity contribution < 1.29 is 14.7 Å². The quantitative estimate of drug-likeness (QED) is 0.767. The molecule has 0 unspecified atom stereocenters. The summed E-state index contributed by atoms with van der Waals surface area (Å²) in [7, 11) is 1.67. The highest BCUT2D eigenvalue weighted by Crippen LogP contribution is 2.10. The molecule has 0 spiro atoms. The van der Waals surface area contributed by atoms with E-state index in [0.717, 1.165) is 5.56 Å². The molecule has 1 aromatic rings. The standard InChI is InChI=1S/C14H18N2O3/c1-3-9-15-14(19)16(2)10-8-11-6-4-5-7-12(11)13(17)18/h3-7H,1,8-10H2,2H3,(H,15,19)(H,17,18). The van der Waals surface area contributed by atoms with Crippen LogP contribution in [-0.2, 0) is 6.42 Å². The summed E-state index contributed by atoms with van der Waals surface area (Å²) in [6.45, 7) is 4.38. The van der Waals surface area contributed by atoms with E-state index in [1.165, 1.54) is 4.90 Å². The minimum atomic E-state index is -0.950. The number of likely N-dealkylation sites (N-methyl/N-ethyl adjacent to an activating group) is 1. The van der Waals surface area contributed by atoms with Crippen molar-refractivity contribution in [3.05, 3.63) is 48.0 Å². The molecular weight excluding hydrogens is 244 g/mol. The van der Waals surface area contributed by atoms with Gasteiger partial charge in [0.2, 0.25) is 0 Å². The Morgan fingerprint density at radius 1 is 1.42 bits per heavy atom. The van der Waals surface area contributed by atoms with Crippen molar-refractivity contribution in [2.45, 2.75) is 6.42 Å². The Morgan fingerprint density at radius 2 is 2.11 bits per heavy atom. The minimum Gasteiger partial charge on any atom is -0.478 e. The number of aromatic carboxylic acids is 1. The number of urea groups is 1. The molecule has 0 aliphatic carbocycles. The molecule has 0 atom stereocenters. The van der Waals surface area contributed by atoms with Gasteiger partial charge in [-0.15, -0.1) is 6.58 Å². The van der Waals surface area contributed by atoms with Crippen LogP contribution in [-0.4, -0.2) is 42.1 Å². The molecule has 102 valence electrons. The first kappa shape index (κ1) is 14.8. The second-order valence-corrected chi connectivity index (χ2v) is 4.11. The first-order valence-electron chi connectivity index (χ1n) is 5.97. The number of nitrogens with zero attached hydrogens (tertiary/aromatic N) is 1. The number of carbonyl (C=O) groups is 2. The van der Waals surface area contributed by atoms with Gasteiger partial charge in [0.25, 0.3) is 0 Å². The number of carboxylic acids is 1. The van der Waals surface area contributed by atoms with Crippen LogP contribution in [0.3, 0.4) is 0 Å². The maximum absolute atomic E-state index is 11.6. The monoisotopic (exact) mass is 262 g/mol. The number of rotatable bonds is 6. The molecule has 0 aliphatic rings. The number of carboxylic acid groups (broad SMARTS) is 1. The van der Waals surface area contributed by atoms with Crippen LogP contribution in [0.5, 0.6) is 0 Å². The number of nitrogens with one attached hydrogen (secondary N) is 1. The van der Waals surface area contributed by atoms with E-state index in [0.29, 0.717) is 19.5 Å². The Bertz CT molecular complexity index is 472. The van der Waals surface area contributed by atoms with Gasteiger partial charge in [-0.1, -0.05) is 24.3 Å². The summed E-state index contributed by atoms with van der Waals surface area (Å²) in [6, 6.07) is 6.61. The number of hydrogen-bond acceptors (Lipinski definition) is 2. The normalized spacial score (nSPS) is 9.74. The molecule has 19 heavy (non-hydrogen) atoms. The van der Waals surface area contributed by atoms with E-state index < -0.39 is 5.97 Å². The lowest BCUT2D eigenvalue weighted by atomic mass is 10.0. The van der Waals surface area contributed by atoms with Crippen LogP contribution in [0.15, 0.2) is 36.9 Å². The van der Waals surface area contributed by atoms with E-state index in [2.05, 4.69) is 11.9 Å². The molecule has 5 nitrogen and oxygen atoms in total. The van der Waals surface area contributed by atoms with Gasteiger partial charge in [-0.25, -0.2) is 9.59 Å². The maximum Gasteiger partial charge on any atom is 0.335 e. The Morgan fingerprint density at radius 3 is 2.74 bits per heavy atom. The molecular formula is C14H18N2O3. The molecule has 0 bridgehead atoms. The molecule has 0 saturated carbocycles. The summed E-state index contributed by atoms with van der Waals surface area (Å²) in [5.74, 6) is -0.950. The van der Waals surface area contributed by atoms with Crippen LogP contribution in [0.2, 0.25) is 0 Å². The van der Waals surface area contributed by atoms with Crippen molar-refractivity contribution in [3.8, 4) is 0 Å². The van der Waals surface area contributed by atoms with Gasteiger partial charge >= 0.3 is 12.0 Å². The minimum absolute atomic E-state index is 0.201. The molecule has 0 heterocycles. The highest BCUT2D eigenvalue weighted by atomic mass is 16.4. The fraction of sp³-hybridized carbons (Fsp3) is 0.286. The lowest BCUT2D eigenvalue weighted by molar-refractivity contribution is 0.0695. The van der Waals surface area contributed by atoms with E-state index >= 15 is 0 Å². The largest absolute Gasteiger partial charge is 0.478 e. The smallest absolute Gasteiger partial charge is 0.335 e. The van der Waals surface area contributed by atoms with Crippen molar-refractivity contribution in [1.82, 2.24) is 10.2 Å². The lowest BCUT2D eigenvalue weighted by Crippen LogP contribution is -2.38. The van der Waals surface area contributed by atoms with Crippen LogP contribution in [0.25, 0.3) is 0 Å². The summed E-state index contributed by atoms with van der Waals surface area (Å²) in [4.78, 5) is 24.1. The molecule has 1 aromatic carbocycles. The van der Waals surface area contributed by atoms with Gasteiger partial charge in [0.15, 0.2) is 0 Å². The topological polar surface area (TPSA) is 69.6 Å². The van der Waals surface area contributed by atoms with E-state index in [1.54, 1.807) is 37.4 Å². The van der Waals surface area contributed by atoms with Crippen LogP contribution < -0.4 is 5.32 Å². The van der Waals surface area contributed by atoms with Gasteiger partial charge in [0, 0.05) is 20.1 Å². The molecule has 2 amide bonds.